The summed E-state index contributed by atoms with van der Waals surface area (Å²) in [6.45, 7) is 0.687. The molecule has 0 bridgehead atoms. The van der Waals surface area contributed by atoms with Gasteiger partial charge < -0.3 is 20.5 Å². The van der Waals surface area contributed by atoms with Gasteiger partial charge in [-0.2, -0.15) is 0 Å². The summed E-state index contributed by atoms with van der Waals surface area (Å²) < 4.78 is 10.5. The second kappa shape index (κ2) is 6.95. The molecule has 0 heterocycles. The SMILES string of the molecule is COc1ccc(CNc2ccc(C(N)=S)cc2)cc1OC. The van der Waals surface area contributed by atoms with Crippen molar-refractivity contribution in [1.82, 2.24) is 0 Å². The molecule has 2 rings (SSSR count). The molecule has 2 aromatic rings. The van der Waals surface area contributed by atoms with Crippen molar-refractivity contribution >= 4 is 22.9 Å². The van der Waals surface area contributed by atoms with Gasteiger partial charge in [-0.05, 0) is 42.0 Å². The van der Waals surface area contributed by atoms with Gasteiger partial charge in [-0.15, -0.1) is 0 Å². The van der Waals surface area contributed by atoms with Crippen molar-refractivity contribution in [3.8, 4) is 11.5 Å². The monoisotopic (exact) mass is 302 g/mol. The highest BCUT2D eigenvalue weighted by atomic mass is 32.1. The summed E-state index contributed by atoms with van der Waals surface area (Å²) in [6, 6.07) is 13.6. The maximum absolute atomic E-state index is 5.57. The molecule has 110 valence electrons. The van der Waals surface area contributed by atoms with Crippen molar-refractivity contribution in [2.75, 3.05) is 19.5 Å². The minimum atomic E-state index is 0.404. The number of thiocarbonyl (C=S) groups is 1. The fraction of sp³-hybridized carbons (Fsp3) is 0.188. The van der Waals surface area contributed by atoms with E-state index >= 15 is 0 Å². The van der Waals surface area contributed by atoms with Crippen LogP contribution in [0, 0.1) is 0 Å². The molecule has 0 aliphatic rings. The Morgan fingerprint density at radius 1 is 1.05 bits per heavy atom. The third-order valence-electron chi connectivity index (χ3n) is 3.11. The molecular formula is C16H18N2O2S. The van der Waals surface area contributed by atoms with Gasteiger partial charge in [0, 0.05) is 17.8 Å². The zero-order valence-corrected chi connectivity index (χ0v) is 12.9. The van der Waals surface area contributed by atoms with Crippen molar-refractivity contribution in [1.29, 1.82) is 0 Å². The van der Waals surface area contributed by atoms with Crippen molar-refractivity contribution in [2.24, 2.45) is 5.73 Å². The molecule has 0 unspecified atom stereocenters. The van der Waals surface area contributed by atoms with Crippen LogP contribution in [0.4, 0.5) is 5.69 Å². The van der Waals surface area contributed by atoms with Crippen LogP contribution in [-0.4, -0.2) is 19.2 Å². The van der Waals surface area contributed by atoms with E-state index in [0.29, 0.717) is 11.5 Å². The second-order valence-electron chi connectivity index (χ2n) is 4.48. The zero-order chi connectivity index (χ0) is 15.2. The fourth-order valence-electron chi connectivity index (χ4n) is 1.95. The van der Waals surface area contributed by atoms with Crippen LogP contribution in [-0.2, 0) is 6.54 Å². The minimum absolute atomic E-state index is 0.404. The van der Waals surface area contributed by atoms with Crippen LogP contribution in [0.5, 0.6) is 11.5 Å². The largest absolute Gasteiger partial charge is 0.493 e. The Hall–Kier alpha value is -2.27. The number of rotatable bonds is 6. The Bertz CT molecular complexity index is 627. The summed E-state index contributed by atoms with van der Waals surface area (Å²) in [7, 11) is 3.25. The highest BCUT2D eigenvalue weighted by Crippen LogP contribution is 2.27. The topological polar surface area (TPSA) is 56.5 Å². The van der Waals surface area contributed by atoms with Gasteiger partial charge in [-0.3, -0.25) is 0 Å². The maximum atomic E-state index is 5.57. The molecule has 0 spiro atoms. The van der Waals surface area contributed by atoms with Crippen LogP contribution >= 0.6 is 12.2 Å². The highest BCUT2D eigenvalue weighted by Gasteiger charge is 2.04. The lowest BCUT2D eigenvalue weighted by molar-refractivity contribution is 0.354. The third kappa shape index (κ3) is 3.86. The summed E-state index contributed by atoms with van der Waals surface area (Å²) >= 11 is 4.93. The van der Waals surface area contributed by atoms with E-state index in [1.54, 1.807) is 14.2 Å². The first-order valence-corrected chi connectivity index (χ1v) is 6.89. The molecule has 0 saturated heterocycles. The fourth-order valence-corrected chi connectivity index (χ4v) is 2.08. The van der Waals surface area contributed by atoms with Gasteiger partial charge in [-0.1, -0.05) is 18.3 Å². The lowest BCUT2D eigenvalue weighted by Crippen LogP contribution is -2.09. The summed E-state index contributed by atoms with van der Waals surface area (Å²) in [5, 5.41) is 3.34. The summed E-state index contributed by atoms with van der Waals surface area (Å²) in [6.07, 6.45) is 0. The van der Waals surface area contributed by atoms with Crippen LogP contribution in [0.15, 0.2) is 42.5 Å². The number of benzene rings is 2. The minimum Gasteiger partial charge on any atom is -0.493 e. The standard InChI is InChI=1S/C16H18N2O2S/c1-19-14-8-3-11(9-15(14)20-2)10-18-13-6-4-12(5-7-13)16(17)21/h3-9,18H,10H2,1-2H3,(H2,17,21). The van der Waals surface area contributed by atoms with E-state index < -0.39 is 0 Å². The Balaban J connectivity index is 2.04. The molecule has 0 aliphatic carbocycles. The molecule has 0 atom stereocenters. The van der Waals surface area contributed by atoms with E-state index in [1.165, 1.54) is 0 Å². The van der Waals surface area contributed by atoms with Crippen LogP contribution in [0.1, 0.15) is 11.1 Å². The Labute approximate surface area is 129 Å². The number of ether oxygens (including phenoxy) is 2. The molecule has 0 aliphatic heterocycles. The predicted octanol–water partition coefficient (Wildman–Crippen LogP) is 2.95. The van der Waals surface area contributed by atoms with Crippen molar-refractivity contribution in [3.05, 3.63) is 53.6 Å². The number of anilines is 1. The lowest BCUT2D eigenvalue weighted by Gasteiger charge is -2.11. The number of nitrogens with two attached hydrogens (primary N) is 1. The number of hydrogen-bond donors (Lipinski definition) is 2. The predicted molar refractivity (Wildman–Crippen MR) is 89.2 cm³/mol. The summed E-state index contributed by atoms with van der Waals surface area (Å²) in [5.74, 6) is 1.45. The average molecular weight is 302 g/mol. The molecule has 4 nitrogen and oxygen atoms in total. The van der Waals surface area contributed by atoms with Gasteiger partial charge in [0.25, 0.3) is 0 Å². The van der Waals surface area contributed by atoms with Gasteiger partial charge in [0.1, 0.15) is 4.99 Å². The van der Waals surface area contributed by atoms with Gasteiger partial charge >= 0.3 is 0 Å². The second-order valence-corrected chi connectivity index (χ2v) is 4.92. The van der Waals surface area contributed by atoms with E-state index in [4.69, 9.17) is 27.4 Å². The van der Waals surface area contributed by atoms with E-state index in [9.17, 15) is 0 Å². The summed E-state index contributed by atoms with van der Waals surface area (Å²) in [4.78, 5) is 0.404. The molecule has 0 aromatic heterocycles. The van der Waals surface area contributed by atoms with Crippen molar-refractivity contribution in [3.63, 3.8) is 0 Å². The molecule has 0 radical (unpaired) electrons. The molecule has 0 saturated carbocycles. The Morgan fingerprint density at radius 3 is 2.29 bits per heavy atom. The smallest absolute Gasteiger partial charge is 0.161 e. The number of hydrogen-bond acceptors (Lipinski definition) is 4. The van der Waals surface area contributed by atoms with Crippen molar-refractivity contribution in [2.45, 2.75) is 6.54 Å². The molecule has 2 aromatic carbocycles. The van der Waals surface area contributed by atoms with Gasteiger partial charge in [0.2, 0.25) is 0 Å². The zero-order valence-electron chi connectivity index (χ0n) is 12.1. The molecular weight excluding hydrogens is 284 g/mol. The first-order valence-electron chi connectivity index (χ1n) is 6.48. The van der Waals surface area contributed by atoms with Crippen LogP contribution in [0.25, 0.3) is 0 Å². The van der Waals surface area contributed by atoms with Gasteiger partial charge in [0.15, 0.2) is 11.5 Å². The van der Waals surface area contributed by atoms with Crippen molar-refractivity contribution < 1.29 is 9.47 Å². The molecule has 21 heavy (non-hydrogen) atoms. The van der Waals surface area contributed by atoms with Gasteiger partial charge in [-0.25, -0.2) is 0 Å². The summed E-state index contributed by atoms with van der Waals surface area (Å²) in [5.41, 5.74) is 8.54. The number of methoxy groups -OCH3 is 2. The van der Waals surface area contributed by atoms with Crippen LogP contribution in [0.2, 0.25) is 0 Å². The molecule has 5 heteroatoms. The molecule has 0 amide bonds. The third-order valence-corrected chi connectivity index (χ3v) is 3.35. The van der Waals surface area contributed by atoms with E-state index in [1.807, 2.05) is 42.5 Å². The highest BCUT2D eigenvalue weighted by molar-refractivity contribution is 7.80. The van der Waals surface area contributed by atoms with E-state index in [-0.39, 0.29) is 0 Å². The Morgan fingerprint density at radius 2 is 1.71 bits per heavy atom. The maximum Gasteiger partial charge on any atom is 0.161 e. The average Bonchev–Trinajstić information content (AvgIpc) is 2.52. The van der Waals surface area contributed by atoms with E-state index in [2.05, 4.69) is 5.32 Å². The van der Waals surface area contributed by atoms with Gasteiger partial charge in [0.05, 0.1) is 14.2 Å². The Kier molecular flexibility index (Phi) is 5.00. The first-order chi connectivity index (χ1) is 10.1. The van der Waals surface area contributed by atoms with Crippen LogP contribution < -0.4 is 20.5 Å². The lowest BCUT2D eigenvalue weighted by atomic mass is 10.1. The first kappa shape index (κ1) is 15.1. The van der Waals surface area contributed by atoms with E-state index in [0.717, 1.165) is 28.3 Å². The molecule has 0 fully saturated rings. The molecule has 3 N–H and O–H groups in total. The number of nitrogens with one attached hydrogen (secondary N) is 1. The quantitative estimate of drug-likeness (QED) is 0.804. The normalized spacial score (nSPS) is 10.0. The van der Waals surface area contributed by atoms with Crippen LogP contribution in [0.3, 0.4) is 0 Å².